The number of nitrogens with one attached hydrogen (secondary N) is 1. The fourth-order valence-electron chi connectivity index (χ4n) is 3.53. The highest BCUT2D eigenvalue weighted by atomic mass is 16.5. The Labute approximate surface area is 129 Å². The van der Waals surface area contributed by atoms with Gasteiger partial charge >= 0.3 is 0 Å². The van der Waals surface area contributed by atoms with Crippen LogP contribution in [-0.4, -0.2) is 13.2 Å². The van der Waals surface area contributed by atoms with E-state index in [2.05, 4.69) is 51.2 Å². The van der Waals surface area contributed by atoms with Crippen LogP contribution < -0.4 is 10.1 Å². The van der Waals surface area contributed by atoms with Gasteiger partial charge in [-0.3, -0.25) is 0 Å². The lowest BCUT2D eigenvalue weighted by molar-refractivity contribution is 0.291. The van der Waals surface area contributed by atoms with E-state index < -0.39 is 0 Å². The van der Waals surface area contributed by atoms with Crippen molar-refractivity contribution in [2.45, 2.75) is 58.4 Å². The van der Waals surface area contributed by atoms with Crippen LogP contribution in [0.5, 0.6) is 5.75 Å². The molecule has 1 aromatic carbocycles. The van der Waals surface area contributed by atoms with Gasteiger partial charge in [-0.05, 0) is 55.3 Å². The van der Waals surface area contributed by atoms with Crippen molar-refractivity contribution in [3.8, 4) is 5.75 Å². The van der Waals surface area contributed by atoms with Gasteiger partial charge in [0.15, 0.2) is 0 Å². The number of benzene rings is 1. The summed E-state index contributed by atoms with van der Waals surface area (Å²) in [6, 6.07) is 7.33. The second-order valence-electron chi connectivity index (χ2n) is 7.56. The molecular weight excluding hydrogens is 258 g/mol. The Morgan fingerprint density at radius 2 is 2.10 bits per heavy atom. The Kier molecular flexibility index (Phi) is 4.00. The van der Waals surface area contributed by atoms with Crippen LogP contribution in [0.3, 0.4) is 0 Å². The summed E-state index contributed by atoms with van der Waals surface area (Å²) in [4.78, 5) is 0. The first-order chi connectivity index (χ1) is 10.0. The first kappa shape index (κ1) is 14.9. The molecule has 1 heterocycles. The summed E-state index contributed by atoms with van der Waals surface area (Å²) in [6.45, 7) is 11.1. The molecule has 21 heavy (non-hydrogen) atoms. The molecule has 2 nitrogen and oxygen atoms in total. The molecule has 116 valence electrons. The molecule has 0 saturated heterocycles. The molecule has 0 spiro atoms. The van der Waals surface area contributed by atoms with Gasteiger partial charge < -0.3 is 10.1 Å². The van der Waals surface area contributed by atoms with Gasteiger partial charge in [0, 0.05) is 17.0 Å². The molecule has 3 rings (SSSR count). The zero-order valence-electron chi connectivity index (χ0n) is 13.9. The maximum Gasteiger partial charge on any atom is 0.123 e. The van der Waals surface area contributed by atoms with Crippen molar-refractivity contribution in [2.75, 3.05) is 13.2 Å². The molecule has 2 unspecified atom stereocenters. The van der Waals surface area contributed by atoms with Crippen LogP contribution in [0, 0.1) is 11.8 Å². The van der Waals surface area contributed by atoms with Crippen molar-refractivity contribution in [3.63, 3.8) is 0 Å². The molecule has 2 aliphatic rings. The quantitative estimate of drug-likeness (QED) is 0.835. The topological polar surface area (TPSA) is 21.3 Å². The first-order valence-electron chi connectivity index (χ1n) is 8.53. The van der Waals surface area contributed by atoms with Crippen LogP contribution in [0.4, 0.5) is 0 Å². The summed E-state index contributed by atoms with van der Waals surface area (Å²) < 4.78 is 5.83. The lowest BCUT2D eigenvalue weighted by Gasteiger charge is -2.27. The average molecular weight is 287 g/mol. The normalized spacial score (nSPS) is 22.5. The van der Waals surface area contributed by atoms with Gasteiger partial charge in [-0.15, -0.1) is 0 Å². The van der Waals surface area contributed by atoms with Gasteiger partial charge in [0.1, 0.15) is 5.75 Å². The molecular formula is C19H29NO. The highest BCUT2D eigenvalue weighted by Crippen LogP contribution is 2.45. The van der Waals surface area contributed by atoms with E-state index in [4.69, 9.17) is 4.74 Å². The maximum absolute atomic E-state index is 5.83. The number of hydrogen-bond acceptors (Lipinski definition) is 2. The Morgan fingerprint density at radius 1 is 1.33 bits per heavy atom. The minimum Gasteiger partial charge on any atom is -0.492 e. The minimum absolute atomic E-state index is 0.142. The van der Waals surface area contributed by atoms with Crippen LogP contribution in [0.1, 0.15) is 64.1 Å². The van der Waals surface area contributed by atoms with Crippen molar-refractivity contribution in [3.05, 3.63) is 29.3 Å². The fraction of sp³-hybridized carbons (Fsp3) is 0.684. The van der Waals surface area contributed by atoms with E-state index in [1.165, 1.54) is 30.4 Å². The summed E-state index contributed by atoms with van der Waals surface area (Å²) in [5, 5.41) is 3.78. The minimum atomic E-state index is 0.142. The Bertz CT molecular complexity index is 504. The number of ether oxygens (including phenoxy) is 1. The van der Waals surface area contributed by atoms with Gasteiger partial charge in [-0.2, -0.15) is 0 Å². The number of rotatable bonds is 6. The van der Waals surface area contributed by atoms with E-state index in [0.29, 0.717) is 6.04 Å². The van der Waals surface area contributed by atoms with Crippen molar-refractivity contribution in [1.82, 2.24) is 5.32 Å². The van der Waals surface area contributed by atoms with Gasteiger partial charge in [-0.1, -0.05) is 33.8 Å². The lowest BCUT2D eigenvalue weighted by atomic mass is 9.83. The van der Waals surface area contributed by atoms with Crippen LogP contribution in [0.25, 0.3) is 0 Å². The summed E-state index contributed by atoms with van der Waals surface area (Å²) in [5.41, 5.74) is 2.97. The Balaban J connectivity index is 1.88. The molecule has 0 amide bonds. The molecule has 0 aromatic heterocycles. The van der Waals surface area contributed by atoms with Gasteiger partial charge in [0.25, 0.3) is 0 Å². The van der Waals surface area contributed by atoms with Gasteiger partial charge in [-0.25, -0.2) is 0 Å². The predicted octanol–water partition coefficient (Wildman–Crippen LogP) is 4.44. The summed E-state index contributed by atoms with van der Waals surface area (Å²) >= 11 is 0. The molecule has 1 aromatic rings. The molecule has 0 radical (unpaired) electrons. The summed E-state index contributed by atoms with van der Waals surface area (Å²) in [7, 11) is 0. The van der Waals surface area contributed by atoms with E-state index in [1.54, 1.807) is 0 Å². The SMILES string of the molecule is CCCNC(c1ccc2c(c1)C(C)(C)CO2)C(C)C1CC1. The van der Waals surface area contributed by atoms with Crippen molar-refractivity contribution in [2.24, 2.45) is 11.8 Å². The van der Waals surface area contributed by atoms with Gasteiger partial charge in [0.05, 0.1) is 6.61 Å². The van der Waals surface area contributed by atoms with Crippen LogP contribution in [-0.2, 0) is 5.41 Å². The number of hydrogen-bond donors (Lipinski definition) is 1. The zero-order chi connectivity index (χ0) is 15.0. The summed E-state index contributed by atoms with van der Waals surface area (Å²) in [6.07, 6.45) is 4.00. The Morgan fingerprint density at radius 3 is 2.76 bits per heavy atom. The van der Waals surface area contributed by atoms with Crippen molar-refractivity contribution >= 4 is 0 Å². The third kappa shape index (κ3) is 2.96. The highest BCUT2D eigenvalue weighted by molar-refractivity contribution is 5.46. The second-order valence-corrected chi connectivity index (χ2v) is 7.56. The third-order valence-electron chi connectivity index (χ3n) is 5.19. The highest BCUT2D eigenvalue weighted by Gasteiger charge is 2.36. The molecule has 1 aliphatic carbocycles. The molecule has 2 atom stereocenters. The monoisotopic (exact) mass is 287 g/mol. The van der Waals surface area contributed by atoms with Crippen LogP contribution in [0.2, 0.25) is 0 Å². The van der Waals surface area contributed by atoms with Gasteiger partial charge in [0.2, 0.25) is 0 Å². The molecule has 2 heteroatoms. The lowest BCUT2D eigenvalue weighted by Crippen LogP contribution is -2.29. The molecule has 1 fully saturated rings. The van der Waals surface area contributed by atoms with Crippen LogP contribution >= 0.6 is 0 Å². The van der Waals surface area contributed by atoms with E-state index >= 15 is 0 Å². The smallest absolute Gasteiger partial charge is 0.123 e. The van der Waals surface area contributed by atoms with E-state index in [0.717, 1.165) is 30.7 Å². The van der Waals surface area contributed by atoms with Crippen LogP contribution in [0.15, 0.2) is 18.2 Å². The van der Waals surface area contributed by atoms with E-state index in [-0.39, 0.29) is 5.41 Å². The molecule has 1 N–H and O–H groups in total. The summed E-state index contributed by atoms with van der Waals surface area (Å²) in [5.74, 6) is 2.72. The molecule has 1 aliphatic heterocycles. The fourth-order valence-corrected chi connectivity index (χ4v) is 3.53. The Hall–Kier alpha value is -1.02. The molecule has 0 bridgehead atoms. The zero-order valence-corrected chi connectivity index (χ0v) is 13.9. The average Bonchev–Trinajstić information content (AvgIpc) is 3.26. The van der Waals surface area contributed by atoms with E-state index in [1.807, 2.05) is 0 Å². The first-order valence-corrected chi connectivity index (χ1v) is 8.53. The maximum atomic E-state index is 5.83. The molecule has 1 saturated carbocycles. The van der Waals surface area contributed by atoms with Crippen molar-refractivity contribution < 1.29 is 4.74 Å². The second kappa shape index (κ2) is 5.64. The van der Waals surface area contributed by atoms with E-state index in [9.17, 15) is 0 Å². The third-order valence-corrected chi connectivity index (χ3v) is 5.19. The largest absolute Gasteiger partial charge is 0.492 e. The predicted molar refractivity (Wildman–Crippen MR) is 87.9 cm³/mol. The standard InChI is InChI=1S/C19H29NO/c1-5-10-20-18(13(2)14-6-7-14)15-8-9-17-16(11-15)19(3,4)12-21-17/h8-9,11,13-14,18,20H,5-7,10,12H2,1-4H3. The van der Waals surface area contributed by atoms with Crippen molar-refractivity contribution in [1.29, 1.82) is 0 Å². The number of fused-ring (bicyclic) bond motifs is 1.